The van der Waals surface area contributed by atoms with Crippen molar-refractivity contribution in [3.8, 4) is 5.75 Å². The quantitative estimate of drug-likeness (QED) is 0.417. The Labute approximate surface area is 127 Å². The van der Waals surface area contributed by atoms with Crippen LogP contribution in [0.3, 0.4) is 0 Å². The van der Waals surface area contributed by atoms with Gasteiger partial charge in [-0.25, -0.2) is 9.78 Å². The van der Waals surface area contributed by atoms with Crippen LogP contribution in [-0.4, -0.2) is 23.9 Å². The molecule has 0 bridgehead atoms. The minimum absolute atomic E-state index is 0.265. The van der Waals surface area contributed by atoms with E-state index < -0.39 is 39.1 Å². The number of halogens is 7. The zero-order valence-electron chi connectivity index (χ0n) is 10.1. The van der Waals surface area contributed by atoms with Crippen molar-refractivity contribution in [3.05, 3.63) is 21.0 Å². The van der Waals surface area contributed by atoms with Gasteiger partial charge in [0.25, 0.3) is 0 Å². The molecule has 1 heterocycles. The molecule has 1 aromatic heterocycles. The van der Waals surface area contributed by atoms with E-state index in [1.54, 1.807) is 0 Å². The van der Waals surface area contributed by atoms with E-state index in [4.69, 9.17) is 0 Å². The lowest BCUT2D eigenvalue weighted by atomic mass is 10.1. The third-order valence-electron chi connectivity index (χ3n) is 1.96. The Morgan fingerprint density at radius 3 is 2.29 bits per heavy atom. The van der Waals surface area contributed by atoms with Crippen LogP contribution in [0.1, 0.15) is 23.0 Å². The van der Waals surface area contributed by atoms with Crippen molar-refractivity contribution in [2.45, 2.75) is 19.5 Å². The summed E-state index contributed by atoms with van der Waals surface area (Å²) in [5, 5.41) is 0. The van der Waals surface area contributed by atoms with E-state index in [9.17, 15) is 31.1 Å². The predicted molar refractivity (Wildman–Crippen MR) is 64.6 cm³/mol. The molecule has 0 aliphatic rings. The van der Waals surface area contributed by atoms with Gasteiger partial charge in [-0.05, 0) is 29.5 Å². The molecule has 0 aliphatic carbocycles. The van der Waals surface area contributed by atoms with Gasteiger partial charge in [0.05, 0.1) is 10.2 Å². The van der Waals surface area contributed by atoms with E-state index in [2.05, 4.69) is 14.5 Å². The van der Waals surface area contributed by atoms with Crippen molar-refractivity contribution in [2.24, 2.45) is 0 Å². The molecule has 0 fully saturated rings. The Hall–Kier alpha value is -1.27. The van der Waals surface area contributed by atoms with Crippen LogP contribution >= 0.6 is 22.6 Å². The molecule has 0 saturated carbocycles. The highest BCUT2D eigenvalue weighted by Crippen LogP contribution is 2.42. The average Bonchev–Trinajstić information content (AvgIpc) is 2.28. The summed E-state index contributed by atoms with van der Waals surface area (Å²) < 4.78 is 82.8. The number of hydrogen-bond donors (Lipinski definition) is 0. The van der Waals surface area contributed by atoms with Gasteiger partial charge in [0.2, 0.25) is 0 Å². The molecule has 0 aromatic carbocycles. The normalized spacial score (nSPS) is 12.2. The number of pyridine rings is 1. The van der Waals surface area contributed by atoms with Crippen LogP contribution in [0, 0.1) is 3.57 Å². The van der Waals surface area contributed by atoms with Gasteiger partial charge in [0.1, 0.15) is 5.56 Å². The Morgan fingerprint density at radius 1 is 1.29 bits per heavy atom. The van der Waals surface area contributed by atoms with Gasteiger partial charge in [-0.1, -0.05) is 0 Å². The highest BCUT2D eigenvalue weighted by atomic mass is 127. The molecule has 0 N–H and O–H groups in total. The van der Waals surface area contributed by atoms with E-state index in [1.807, 2.05) is 0 Å². The zero-order valence-corrected chi connectivity index (χ0v) is 12.3. The first-order valence-electron chi connectivity index (χ1n) is 5.16. The number of carbonyl (C=O) groups excluding carboxylic acids is 1. The van der Waals surface area contributed by atoms with Gasteiger partial charge in [0.15, 0.2) is 11.4 Å². The van der Waals surface area contributed by atoms with Gasteiger partial charge in [-0.2, -0.15) is 13.2 Å². The fourth-order valence-corrected chi connectivity index (χ4v) is 1.82. The molecular formula is C10H6F6INO3. The summed E-state index contributed by atoms with van der Waals surface area (Å²) in [5.41, 5.74) is -3.21. The summed E-state index contributed by atoms with van der Waals surface area (Å²) in [5.74, 6) is -3.03. The lowest BCUT2D eigenvalue weighted by Crippen LogP contribution is -2.24. The smallest absolute Gasteiger partial charge is 0.461 e. The third kappa shape index (κ3) is 4.61. The van der Waals surface area contributed by atoms with Crippen LogP contribution < -0.4 is 4.74 Å². The van der Waals surface area contributed by atoms with Crippen LogP contribution in [0.25, 0.3) is 0 Å². The minimum atomic E-state index is -5.35. The predicted octanol–water partition coefficient (Wildman–Crippen LogP) is 3.78. The molecule has 0 unspecified atom stereocenters. The number of aromatic nitrogens is 1. The Kier molecular flexibility index (Phi) is 5.28. The molecule has 4 nitrogen and oxygen atoms in total. The number of carbonyl (C=O) groups is 1. The summed E-state index contributed by atoms with van der Waals surface area (Å²) in [6.45, 7) is 1.06. The van der Waals surface area contributed by atoms with Gasteiger partial charge in [-0.15, -0.1) is 13.2 Å². The molecule has 0 radical (unpaired) electrons. The molecule has 11 heteroatoms. The lowest BCUT2D eigenvalue weighted by Gasteiger charge is -2.18. The topological polar surface area (TPSA) is 48.4 Å². The molecule has 0 atom stereocenters. The second-order valence-corrected chi connectivity index (χ2v) is 4.59. The Bertz CT molecular complexity index is 543. The Balaban J connectivity index is 3.54. The fourth-order valence-electron chi connectivity index (χ4n) is 1.30. The second-order valence-electron chi connectivity index (χ2n) is 3.42. The molecule has 21 heavy (non-hydrogen) atoms. The summed E-state index contributed by atoms with van der Waals surface area (Å²) in [4.78, 5) is 14.6. The van der Waals surface area contributed by atoms with Crippen LogP contribution in [0.4, 0.5) is 26.3 Å². The second kappa shape index (κ2) is 6.23. The van der Waals surface area contributed by atoms with E-state index in [0.29, 0.717) is 6.20 Å². The zero-order chi connectivity index (χ0) is 16.4. The van der Waals surface area contributed by atoms with Gasteiger partial charge in [-0.3, -0.25) is 0 Å². The van der Waals surface area contributed by atoms with Crippen molar-refractivity contribution >= 4 is 28.6 Å². The first kappa shape index (κ1) is 17.8. The SMILES string of the molecule is CCOC(=O)c1ncc(I)c(OC(F)(F)F)c1C(F)(F)F. The summed E-state index contributed by atoms with van der Waals surface area (Å²) in [7, 11) is 0. The number of esters is 1. The van der Waals surface area contributed by atoms with E-state index in [-0.39, 0.29) is 6.61 Å². The number of alkyl halides is 6. The van der Waals surface area contributed by atoms with Crippen LogP contribution in [-0.2, 0) is 10.9 Å². The highest BCUT2D eigenvalue weighted by molar-refractivity contribution is 14.1. The molecule has 0 saturated heterocycles. The average molecular weight is 429 g/mol. The molecule has 0 spiro atoms. The van der Waals surface area contributed by atoms with Crippen molar-refractivity contribution in [3.63, 3.8) is 0 Å². The summed E-state index contributed by atoms with van der Waals surface area (Å²) in [6.07, 6.45) is -9.98. The third-order valence-corrected chi connectivity index (χ3v) is 2.73. The maximum atomic E-state index is 13.0. The van der Waals surface area contributed by atoms with E-state index >= 15 is 0 Å². The molecular weight excluding hydrogens is 423 g/mol. The number of rotatable bonds is 3. The number of nitrogens with zero attached hydrogens (tertiary/aromatic N) is 1. The number of ether oxygens (including phenoxy) is 2. The lowest BCUT2D eigenvalue weighted by molar-refractivity contribution is -0.276. The van der Waals surface area contributed by atoms with Crippen molar-refractivity contribution in [1.29, 1.82) is 0 Å². The van der Waals surface area contributed by atoms with Gasteiger partial charge >= 0.3 is 18.5 Å². The van der Waals surface area contributed by atoms with Gasteiger partial charge in [0, 0.05) is 6.20 Å². The maximum Gasteiger partial charge on any atom is 0.573 e. The molecule has 0 aliphatic heterocycles. The fraction of sp³-hybridized carbons (Fsp3) is 0.400. The molecule has 118 valence electrons. The molecule has 1 aromatic rings. The summed E-state index contributed by atoms with van der Waals surface area (Å²) >= 11 is 1.19. The maximum absolute atomic E-state index is 13.0. The van der Waals surface area contributed by atoms with Crippen molar-refractivity contribution < 1.29 is 40.6 Å². The molecule has 1 rings (SSSR count). The monoisotopic (exact) mass is 429 g/mol. The Morgan fingerprint density at radius 2 is 1.86 bits per heavy atom. The van der Waals surface area contributed by atoms with Crippen LogP contribution in [0.5, 0.6) is 5.75 Å². The van der Waals surface area contributed by atoms with E-state index in [0.717, 1.165) is 0 Å². The van der Waals surface area contributed by atoms with Crippen LogP contribution in [0.15, 0.2) is 6.20 Å². The highest BCUT2D eigenvalue weighted by Gasteiger charge is 2.44. The number of hydrogen-bond acceptors (Lipinski definition) is 4. The van der Waals surface area contributed by atoms with Crippen molar-refractivity contribution in [1.82, 2.24) is 4.98 Å². The molecule has 0 amide bonds. The standard InChI is InChI=1S/C10H6F6INO3/c1-2-20-8(19)6-5(9(11,12)13)7(4(17)3-18-6)21-10(14,15)16/h3H,2H2,1H3. The largest absolute Gasteiger partial charge is 0.573 e. The van der Waals surface area contributed by atoms with Crippen molar-refractivity contribution in [2.75, 3.05) is 6.61 Å². The van der Waals surface area contributed by atoms with Crippen LogP contribution in [0.2, 0.25) is 0 Å². The minimum Gasteiger partial charge on any atom is -0.461 e. The first-order valence-corrected chi connectivity index (χ1v) is 6.23. The van der Waals surface area contributed by atoms with Gasteiger partial charge < -0.3 is 9.47 Å². The first-order chi connectivity index (χ1) is 9.47. The van der Waals surface area contributed by atoms with E-state index in [1.165, 1.54) is 29.5 Å². The summed E-state index contributed by atoms with van der Waals surface area (Å²) in [6, 6.07) is 0.